The van der Waals surface area contributed by atoms with E-state index in [0.29, 0.717) is 12.3 Å². The molecule has 1 heterocycles. The standard InChI is InChI=1S/C24H31N3O/c1-23(2,3)17-12-16(22(28)18(13-17)24(4,5)6)14-25-15-21-26-19-10-8-9-11-20(19)27(21)7/h8-14,28H,15H2,1-7H3. The van der Waals surface area contributed by atoms with Crippen LogP contribution < -0.4 is 0 Å². The Bertz CT molecular complexity index is 1030. The van der Waals surface area contributed by atoms with Crippen molar-refractivity contribution in [1.82, 2.24) is 9.55 Å². The maximum atomic E-state index is 10.9. The van der Waals surface area contributed by atoms with Gasteiger partial charge in [-0.2, -0.15) is 0 Å². The molecule has 148 valence electrons. The summed E-state index contributed by atoms with van der Waals surface area (Å²) in [5.41, 5.74) is 4.82. The van der Waals surface area contributed by atoms with Gasteiger partial charge in [0.25, 0.3) is 0 Å². The van der Waals surface area contributed by atoms with E-state index < -0.39 is 0 Å². The summed E-state index contributed by atoms with van der Waals surface area (Å²) in [7, 11) is 2.01. The van der Waals surface area contributed by atoms with Gasteiger partial charge in [0.15, 0.2) is 0 Å². The van der Waals surface area contributed by atoms with E-state index in [0.717, 1.165) is 28.0 Å². The summed E-state index contributed by atoms with van der Waals surface area (Å²) in [6.45, 7) is 13.4. The smallest absolute Gasteiger partial charge is 0.131 e. The number of rotatable bonds is 3. The Kier molecular flexibility index (Phi) is 5.09. The Hall–Kier alpha value is -2.62. The topological polar surface area (TPSA) is 50.4 Å². The van der Waals surface area contributed by atoms with Crippen LogP contribution in [-0.2, 0) is 24.4 Å². The van der Waals surface area contributed by atoms with E-state index in [1.54, 1.807) is 6.21 Å². The van der Waals surface area contributed by atoms with Crippen molar-refractivity contribution in [1.29, 1.82) is 0 Å². The average Bonchev–Trinajstić information content (AvgIpc) is 2.91. The molecule has 1 N–H and O–H groups in total. The van der Waals surface area contributed by atoms with Gasteiger partial charge in [0, 0.05) is 24.4 Å². The van der Waals surface area contributed by atoms with Crippen LogP contribution in [0.25, 0.3) is 11.0 Å². The van der Waals surface area contributed by atoms with Crippen LogP contribution in [-0.4, -0.2) is 20.9 Å². The van der Waals surface area contributed by atoms with Crippen molar-refractivity contribution in [2.24, 2.45) is 12.0 Å². The average molecular weight is 378 g/mol. The molecule has 1 aromatic heterocycles. The minimum atomic E-state index is -0.147. The molecule has 4 nitrogen and oxygen atoms in total. The number of aliphatic imine (C=N–C) groups is 1. The quantitative estimate of drug-likeness (QED) is 0.613. The maximum absolute atomic E-state index is 10.9. The van der Waals surface area contributed by atoms with Crippen molar-refractivity contribution in [2.45, 2.75) is 58.9 Å². The highest BCUT2D eigenvalue weighted by molar-refractivity contribution is 5.85. The van der Waals surface area contributed by atoms with Gasteiger partial charge >= 0.3 is 0 Å². The van der Waals surface area contributed by atoms with Crippen LogP contribution in [0.15, 0.2) is 41.4 Å². The zero-order chi connectivity index (χ0) is 20.7. The molecule has 0 bridgehead atoms. The highest BCUT2D eigenvalue weighted by Gasteiger charge is 2.24. The van der Waals surface area contributed by atoms with Crippen LogP contribution in [0, 0.1) is 0 Å². The fourth-order valence-corrected chi connectivity index (χ4v) is 3.32. The van der Waals surface area contributed by atoms with E-state index in [2.05, 4.69) is 68.2 Å². The molecule has 0 aliphatic carbocycles. The fraction of sp³-hybridized carbons (Fsp3) is 0.417. The highest BCUT2D eigenvalue weighted by atomic mass is 16.3. The molecule has 0 aliphatic heterocycles. The van der Waals surface area contributed by atoms with Crippen LogP contribution >= 0.6 is 0 Å². The number of benzene rings is 2. The molecule has 0 aliphatic rings. The number of aromatic hydroxyl groups is 1. The van der Waals surface area contributed by atoms with Crippen LogP contribution in [0.4, 0.5) is 0 Å². The zero-order valence-corrected chi connectivity index (χ0v) is 18.0. The summed E-state index contributed by atoms with van der Waals surface area (Å²) in [6, 6.07) is 12.2. The van der Waals surface area contributed by atoms with Crippen LogP contribution in [0.2, 0.25) is 0 Å². The van der Waals surface area contributed by atoms with Gasteiger partial charge in [0.2, 0.25) is 0 Å². The second-order valence-corrected chi connectivity index (χ2v) is 9.51. The minimum Gasteiger partial charge on any atom is -0.507 e. The molecular weight excluding hydrogens is 346 g/mol. The first kappa shape index (κ1) is 20.1. The lowest BCUT2D eigenvalue weighted by Gasteiger charge is -2.27. The molecule has 28 heavy (non-hydrogen) atoms. The molecule has 0 fully saturated rings. The summed E-state index contributed by atoms with van der Waals surface area (Å²) < 4.78 is 2.07. The molecule has 3 aromatic rings. The molecule has 0 saturated heterocycles. The van der Waals surface area contributed by atoms with Crippen molar-refractivity contribution < 1.29 is 5.11 Å². The lowest BCUT2D eigenvalue weighted by atomic mass is 9.79. The van der Waals surface area contributed by atoms with E-state index in [1.165, 1.54) is 5.56 Å². The van der Waals surface area contributed by atoms with Crippen molar-refractivity contribution >= 4 is 17.2 Å². The van der Waals surface area contributed by atoms with Crippen molar-refractivity contribution in [3.63, 3.8) is 0 Å². The summed E-state index contributed by atoms with van der Waals surface area (Å²) in [4.78, 5) is 9.27. The van der Waals surface area contributed by atoms with Crippen molar-refractivity contribution in [2.75, 3.05) is 0 Å². The molecule has 2 aromatic carbocycles. The normalized spacial score (nSPS) is 13.0. The Labute approximate surface area is 168 Å². The maximum Gasteiger partial charge on any atom is 0.131 e. The van der Waals surface area contributed by atoms with Crippen LogP contribution in [0.5, 0.6) is 5.75 Å². The molecule has 0 atom stereocenters. The van der Waals surface area contributed by atoms with Gasteiger partial charge in [-0.3, -0.25) is 4.99 Å². The number of phenolic OH excluding ortho intramolecular Hbond substituents is 1. The largest absolute Gasteiger partial charge is 0.507 e. The summed E-state index contributed by atoms with van der Waals surface area (Å²) >= 11 is 0. The van der Waals surface area contributed by atoms with E-state index in [4.69, 9.17) is 0 Å². The van der Waals surface area contributed by atoms with E-state index in [9.17, 15) is 5.11 Å². The number of imidazole rings is 1. The van der Waals surface area contributed by atoms with E-state index in [-0.39, 0.29) is 10.8 Å². The van der Waals surface area contributed by atoms with Gasteiger partial charge < -0.3 is 9.67 Å². The molecular formula is C24H31N3O. The molecule has 0 radical (unpaired) electrons. The number of fused-ring (bicyclic) bond motifs is 1. The molecule has 0 saturated carbocycles. The molecule has 3 rings (SSSR count). The summed E-state index contributed by atoms with van der Waals surface area (Å²) in [6.07, 6.45) is 1.78. The summed E-state index contributed by atoms with van der Waals surface area (Å²) in [5, 5.41) is 10.9. The second kappa shape index (κ2) is 7.08. The summed E-state index contributed by atoms with van der Waals surface area (Å²) in [5.74, 6) is 1.22. The Morgan fingerprint density at radius 2 is 1.71 bits per heavy atom. The number of nitrogens with zero attached hydrogens (tertiary/aromatic N) is 3. The van der Waals surface area contributed by atoms with Crippen molar-refractivity contribution in [3.05, 3.63) is 58.9 Å². The SMILES string of the molecule is Cn1c(CN=Cc2cc(C(C)(C)C)cc(C(C)(C)C)c2O)nc2ccccc21. The van der Waals surface area contributed by atoms with Gasteiger partial charge in [-0.15, -0.1) is 0 Å². The Morgan fingerprint density at radius 3 is 2.32 bits per heavy atom. The monoisotopic (exact) mass is 377 g/mol. The molecule has 0 spiro atoms. The first-order valence-corrected chi connectivity index (χ1v) is 9.76. The third-order valence-electron chi connectivity index (χ3n) is 5.16. The van der Waals surface area contributed by atoms with Gasteiger partial charge in [-0.1, -0.05) is 59.7 Å². The van der Waals surface area contributed by atoms with Crippen LogP contribution in [0.3, 0.4) is 0 Å². The third-order valence-corrected chi connectivity index (χ3v) is 5.16. The number of aromatic nitrogens is 2. The zero-order valence-electron chi connectivity index (χ0n) is 18.0. The lowest BCUT2D eigenvalue weighted by molar-refractivity contribution is 0.444. The molecule has 0 amide bonds. The number of hydrogen-bond acceptors (Lipinski definition) is 3. The number of phenols is 1. The Balaban J connectivity index is 1.97. The number of para-hydroxylation sites is 2. The first-order valence-electron chi connectivity index (χ1n) is 9.76. The van der Waals surface area contributed by atoms with Gasteiger partial charge in [0.1, 0.15) is 11.6 Å². The van der Waals surface area contributed by atoms with E-state index in [1.807, 2.05) is 31.3 Å². The Morgan fingerprint density at radius 1 is 1.04 bits per heavy atom. The lowest BCUT2D eigenvalue weighted by Crippen LogP contribution is -2.17. The number of hydrogen-bond donors (Lipinski definition) is 1. The highest BCUT2D eigenvalue weighted by Crippen LogP contribution is 2.37. The minimum absolute atomic E-state index is 0.00626. The third kappa shape index (κ3) is 3.96. The fourth-order valence-electron chi connectivity index (χ4n) is 3.32. The predicted octanol–water partition coefficient (Wildman–Crippen LogP) is 5.49. The van der Waals surface area contributed by atoms with Gasteiger partial charge in [-0.25, -0.2) is 4.98 Å². The second-order valence-electron chi connectivity index (χ2n) is 9.51. The van der Waals surface area contributed by atoms with Gasteiger partial charge in [0.05, 0.1) is 17.6 Å². The number of aryl methyl sites for hydroxylation is 1. The van der Waals surface area contributed by atoms with Crippen LogP contribution in [0.1, 0.15) is 64.1 Å². The van der Waals surface area contributed by atoms with E-state index >= 15 is 0 Å². The first-order chi connectivity index (χ1) is 13.0. The predicted molar refractivity (Wildman–Crippen MR) is 118 cm³/mol. The van der Waals surface area contributed by atoms with Crippen molar-refractivity contribution in [3.8, 4) is 5.75 Å². The molecule has 4 heteroatoms. The molecule has 0 unspecified atom stereocenters. The van der Waals surface area contributed by atoms with Gasteiger partial charge in [-0.05, 0) is 34.6 Å².